The molecule has 0 aromatic heterocycles. The Morgan fingerprint density at radius 2 is 1.77 bits per heavy atom. The molecule has 2 saturated heterocycles. The lowest BCUT2D eigenvalue weighted by Gasteiger charge is -2.41. The van der Waals surface area contributed by atoms with Crippen molar-refractivity contribution in [3.8, 4) is 0 Å². The van der Waals surface area contributed by atoms with E-state index in [0.29, 0.717) is 37.4 Å². The third-order valence-corrected chi connectivity index (χ3v) is 7.69. The SMILES string of the molecule is COCCN1C(=O)N[C@@](Cc2ccccc2Cl)(C2CCN(C(=O)[C@@H](C)c3ccccc3)CC2)C1=O. The van der Waals surface area contributed by atoms with Gasteiger partial charge in [-0.15, -0.1) is 0 Å². The maximum atomic E-state index is 13.7. The van der Waals surface area contributed by atoms with E-state index in [1.54, 1.807) is 13.2 Å². The highest BCUT2D eigenvalue weighted by molar-refractivity contribution is 6.31. The molecular weight excluding hydrogens is 466 g/mol. The lowest BCUT2D eigenvalue weighted by atomic mass is 9.73. The summed E-state index contributed by atoms with van der Waals surface area (Å²) in [5.41, 5.74) is 0.699. The van der Waals surface area contributed by atoms with Crippen molar-refractivity contribution in [1.82, 2.24) is 15.1 Å². The van der Waals surface area contributed by atoms with Gasteiger partial charge in [-0.05, 0) is 42.9 Å². The predicted molar refractivity (Wildman–Crippen MR) is 134 cm³/mol. The highest BCUT2D eigenvalue weighted by Crippen LogP contribution is 2.38. The van der Waals surface area contributed by atoms with Crippen molar-refractivity contribution in [2.45, 2.75) is 37.6 Å². The highest BCUT2D eigenvalue weighted by atomic mass is 35.5. The van der Waals surface area contributed by atoms with Crippen LogP contribution in [0.4, 0.5) is 4.79 Å². The van der Waals surface area contributed by atoms with Crippen LogP contribution < -0.4 is 5.32 Å². The Morgan fingerprint density at radius 1 is 1.11 bits per heavy atom. The van der Waals surface area contributed by atoms with Crippen LogP contribution in [0.1, 0.15) is 36.8 Å². The summed E-state index contributed by atoms with van der Waals surface area (Å²) in [5, 5.41) is 3.60. The van der Waals surface area contributed by atoms with E-state index >= 15 is 0 Å². The van der Waals surface area contributed by atoms with Crippen LogP contribution in [0.5, 0.6) is 0 Å². The Balaban J connectivity index is 1.54. The van der Waals surface area contributed by atoms with Gasteiger partial charge in [0, 0.05) is 31.6 Å². The first-order valence-electron chi connectivity index (χ1n) is 12.1. The van der Waals surface area contributed by atoms with Gasteiger partial charge in [-0.25, -0.2) is 4.79 Å². The molecule has 0 aliphatic carbocycles. The van der Waals surface area contributed by atoms with Crippen molar-refractivity contribution >= 4 is 29.4 Å². The third-order valence-electron chi connectivity index (χ3n) is 7.32. The zero-order valence-electron chi connectivity index (χ0n) is 20.2. The van der Waals surface area contributed by atoms with Crippen molar-refractivity contribution in [1.29, 1.82) is 0 Å². The number of halogens is 1. The van der Waals surface area contributed by atoms with E-state index in [0.717, 1.165) is 11.1 Å². The van der Waals surface area contributed by atoms with Crippen LogP contribution in [-0.4, -0.2) is 66.5 Å². The number of nitrogens with zero attached hydrogens (tertiary/aromatic N) is 2. The largest absolute Gasteiger partial charge is 0.383 e. The van der Waals surface area contributed by atoms with Crippen LogP contribution in [0.25, 0.3) is 0 Å². The van der Waals surface area contributed by atoms with Gasteiger partial charge in [0.05, 0.1) is 19.1 Å². The fraction of sp³-hybridized carbons (Fsp3) is 0.444. The van der Waals surface area contributed by atoms with Crippen molar-refractivity contribution in [2.75, 3.05) is 33.4 Å². The van der Waals surface area contributed by atoms with Crippen molar-refractivity contribution in [3.05, 3.63) is 70.7 Å². The number of hydrogen-bond donors (Lipinski definition) is 1. The lowest BCUT2D eigenvalue weighted by molar-refractivity contribution is -0.136. The monoisotopic (exact) mass is 497 g/mol. The molecule has 35 heavy (non-hydrogen) atoms. The van der Waals surface area contributed by atoms with E-state index in [4.69, 9.17) is 16.3 Å². The average Bonchev–Trinajstić information content (AvgIpc) is 3.13. The first-order chi connectivity index (χ1) is 16.9. The number of benzene rings is 2. The zero-order chi connectivity index (χ0) is 25.0. The third kappa shape index (κ3) is 5.07. The normalized spacial score (nSPS) is 21.8. The number of ether oxygens (including phenoxy) is 1. The van der Waals surface area contributed by atoms with E-state index in [-0.39, 0.29) is 36.8 Å². The maximum absolute atomic E-state index is 13.7. The molecule has 186 valence electrons. The number of rotatable bonds is 8. The second-order valence-corrected chi connectivity index (χ2v) is 9.76. The number of nitrogens with one attached hydrogen (secondary N) is 1. The summed E-state index contributed by atoms with van der Waals surface area (Å²) >= 11 is 6.45. The number of carbonyl (C=O) groups is 3. The standard InChI is InChI=1S/C27H32ClN3O4/c1-19(20-8-4-3-5-9-20)24(32)30-14-12-22(13-15-30)27(18-21-10-6-7-11-23(21)28)25(33)31(16-17-35-2)26(34)29-27/h3-11,19,22H,12-18H2,1-2H3,(H,29,34)/t19-,27-/m0/s1. The molecule has 4 rings (SSSR count). The number of imide groups is 1. The van der Waals surface area contributed by atoms with Crippen LogP contribution >= 0.6 is 11.6 Å². The molecule has 2 atom stereocenters. The molecule has 2 aromatic rings. The first-order valence-corrected chi connectivity index (χ1v) is 12.5. The summed E-state index contributed by atoms with van der Waals surface area (Å²) in [4.78, 5) is 42.9. The first kappa shape index (κ1) is 25.2. The van der Waals surface area contributed by atoms with Gasteiger partial charge in [0.15, 0.2) is 0 Å². The van der Waals surface area contributed by atoms with Crippen molar-refractivity contribution in [2.24, 2.45) is 5.92 Å². The number of methoxy groups -OCH3 is 1. The molecule has 2 aliphatic heterocycles. The summed E-state index contributed by atoms with van der Waals surface area (Å²) in [5.74, 6) is -0.527. The molecule has 1 N–H and O–H groups in total. The van der Waals surface area contributed by atoms with E-state index in [9.17, 15) is 14.4 Å². The van der Waals surface area contributed by atoms with Crippen LogP contribution in [0.2, 0.25) is 5.02 Å². The van der Waals surface area contributed by atoms with Gasteiger partial charge >= 0.3 is 6.03 Å². The molecule has 7 nitrogen and oxygen atoms in total. The van der Waals surface area contributed by atoms with E-state index in [1.807, 2.05) is 60.4 Å². The Labute approximate surface area is 211 Å². The number of likely N-dealkylation sites (tertiary alicyclic amines) is 1. The minimum atomic E-state index is -1.10. The molecule has 0 unspecified atom stereocenters. The number of hydrogen-bond acceptors (Lipinski definition) is 4. The maximum Gasteiger partial charge on any atom is 0.325 e. The minimum Gasteiger partial charge on any atom is -0.383 e. The van der Waals surface area contributed by atoms with Crippen LogP contribution in [0.3, 0.4) is 0 Å². The summed E-state index contributed by atoms with van der Waals surface area (Å²) < 4.78 is 5.11. The molecule has 0 spiro atoms. The van der Waals surface area contributed by atoms with Crippen molar-refractivity contribution < 1.29 is 19.1 Å². The minimum absolute atomic E-state index is 0.0818. The molecule has 8 heteroatoms. The number of piperidine rings is 1. The molecule has 0 saturated carbocycles. The van der Waals surface area contributed by atoms with E-state index in [2.05, 4.69) is 5.32 Å². The quantitative estimate of drug-likeness (QED) is 0.562. The summed E-state index contributed by atoms with van der Waals surface area (Å²) in [6, 6.07) is 16.7. The Hall–Kier alpha value is -2.90. The van der Waals surface area contributed by atoms with Crippen LogP contribution in [-0.2, 0) is 20.7 Å². The van der Waals surface area contributed by atoms with Crippen molar-refractivity contribution in [3.63, 3.8) is 0 Å². The van der Waals surface area contributed by atoms with Gasteiger partial charge in [-0.1, -0.05) is 60.1 Å². The molecule has 2 heterocycles. The zero-order valence-corrected chi connectivity index (χ0v) is 21.0. The van der Waals surface area contributed by atoms with Crippen LogP contribution in [0, 0.1) is 5.92 Å². The molecule has 2 aliphatic rings. The summed E-state index contributed by atoms with van der Waals surface area (Å²) in [6.07, 6.45) is 1.53. The van der Waals surface area contributed by atoms with E-state index in [1.165, 1.54) is 4.90 Å². The van der Waals surface area contributed by atoms with Gasteiger partial charge in [0.1, 0.15) is 5.54 Å². The van der Waals surface area contributed by atoms with Crippen LogP contribution in [0.15, 0.2) is 54.6 Å². The smallest absolute Gasteiger partial charge is 0.325 e. The van der Waals surface area contributed by atoms with Gasteiger partial charge in [0.2, 0.25) is 5.91 Å². The highest BCUT2D eigenvalue weighted by Gasteiger charge is 2.56. The molecule has 2 fully saturated rings. The Kier molecular flexibility index (Phi) is 7.77. The van der Waals surface area contributed by atoms with Gasteiger partial charge in [0.25, 0.3) is 5.91 Å². The summed E-state index contributed by atoms with van der Waals surface area (Å²) in [6.45, 7) is 3.46. The fourth-order valence-corrected chi connectivity index (χ4v) is 5.47. The molecule has 0 radical (unpaired) electrons. The fourth-order valence-electron chi connectivity index (χ4n) is 5.26. The average molecular weight is 498 g/mol. The lowest BCUT2D eigenvalue weighted by Crippen LogP contribution is -2.58. The van der Waals surface area contributed by atoms with Gasteiger partial charge in [-0.2, -0.15) is 0 Å². The van der Waals surface area contributed by atoms with E-state index < -0.39 is 11.6 Å². The molecule has 2 aromatic carbocycles. The molecule has 0 bridgehead atoms. The second kappa shape index (κ2) is 10.8. The Morgan fingerprint density at radius 3 is 2.43 bits per heavy atom. The molecular formula is C27H32ClN3O4. The van der Waals surface area contributed by atoms with Gasteiger partial charge in [-0.3, -0.25) is 14.5 Å². The molecule has 4 amide bonds. The van der Waals surface area contributed by atoms with Gasteiger partial charge < -0.3 is 15.0 Å². The Bertz CT molecular complexity index is 1070. The topological polar surface area (TPSA) is 79.0 Å². The second-order valence-electron chi connectivity index (χ2n) is 9.35. The summed E-state index contributed by atoms with van der Waals surface area (Å²) in [7, 11) is 1.54. The number of amides is 4. The number of carbonyl (C=O) groups excluding carboxylic acids is 3. The number of urea groups is 1. The predicted octanol–water partition coefficient (Wildman–Crippen LogP) is 3.86.